The lowest BCUT2D eigenvalue weighted by molar-refractivity contribution is 0.757. The second-order valence-electron chi connectivity index (χ2n) is 2.65. The lowest BCUT2D eigenvalue weighted by atomic mass is 10.2. The summed E-state index contributed by atoms with van der Waals surface area (Å²) in [5.41, 5.74) is 1.84. The van der Waals surface area contributed by atoms with Crippen LogP contribution in [0.1, 0.15) is 5.56 Å². The summed E-state index contributed by atoms with van der Waals surface area (Å²) in [6.45, 7) is 3.72. The quantitative estimate of drug-likeness (QED) is 0.755. The average molecular weight is 204 g/mol. The fourth-order valence-corrected chi connectivity index (χ4v) is 1.38. The van der Waals surface area contributed by atoms with E-state index >= 15 is 0 Å². The summed E-state index contributed by atoms with van der Waals surface area (Å²) in [5.74, 6) is 0. The summed E-state index contributed by atoms with van der Waals surface area (Å²) in [5, 5.41) is 11.5. The monoisotopic (exact) mass is 204 g/mol. The number of thiol groups is 1. The summed E-state index contributed by atoms with van der Waals surface area (Å²) in [6.07, 6.45) is 1.75. The smallest absolute Gasteiger partial charge is 0.187 e. The Morgan fingerprint density at radius 3 is 2.79 bits per heavy atom. The Balaban J connectivity index is 2.62. The molecule has 0 unspecified atom stereocenters. The normalized spacial score (nSPS) is 10.1. The molecule has 14 heavy (non-hydrogen) atoms. The fourth-order valence-electron chi connectivity index (χ4n) is 1.19. The average Bonchev–Trinajstić information content (AvgIpc) is 2.64. The molecule has 0 N–H and O–H groups in total. The molecule has 0 bridgehead atoms. The molecule has 0 atom stereocenters. The van der Waals surface area contributed by atoms with E-state index in [1.54, 1.807) is 10.8 Å². The standard InChI is InChI=1S/C9H8N4S/c1-2-7-5-3-4-6-8(7)13-9(14)10-11-12-13/h2-6H,1H2,(H,10,12,14). The first-order chi connectivity index (χ1) is 6.83. The van der Waals surface area contributed by atoms with Crippen LogP contribution in [0, 0.1) is 0 Å². The number of hydrogen-bond acceptors (Lipinski definition) is 4. The molecular formula is C9H8N4S. The fraction of sp³-hybridized carbons (Fsp3) is 0. The summed E-state index contributed by atoms with van der Waals surface area (Å²) in [6, 6.07) is 7.70. The molecule has 70 valence electrons. The van der Waals surface area contributed by atoms with Crippen molar-refractivity contribution in [2.24, 2.45) is 0 Å². The van der Waals surface area contributed by atoms with Gasteiger partial charge in [-0.05, 0) is 22.1 Å². The van der Waals surface area contributed by atoms with Gasteiger partial charge in [-0.15, -0.1) is 17.7 Å². The van der Waals surface area contributed by atoms with Crippen LogP contribution in [0.2, 0.25) is 0 Å². The highest BCUT2D eigenvalue weighted by atomic mass is 32.1. The van der Waals surface area contributed by atoms with Gasteiger partial charge in [-0.25, -0.2) is 0 Å². The van der Waals surface area contributed by atoms with Crippen molar-refractivity contribution >= 4 is 18.7 Å². The second-order valence-corrected chi connectivity index (χ2v) is 3.05. The van der Waals surface area contributed by atoms with Crippen molar-refractivity contribution in [2.45, 2.75) is 5.16 Å². The highest BCUT2D eigenvalue weighted by Gasteiger charge is 2.06. The van der Waals surface area contributed by atoms with E-state index in [0.717, 1.165) is 11.3 Å². The Morgan fingerprint density at radius 2 is 2.14 bits per heavy atom. The van der Waals surface area contributed by atoms with Crippen LogP contribution in [0.5, 0.6) is 0 Å². The molecule has 0 aliphatic rings. The minimum atomic E-state index is 0.458. The Hall–Kier alpha value is -1.62. The van der Waals surface area contributed by atoms with Gasteiger partial charge >= 0.3 is 0 Å². The minimum Gasteiger partial charge on any atom is -0.187 e. The van der Waals surface area contributed by atoms with Gasteiger partial charge in [0, 0.05) is 0 Å². The molecule has 0 aliphatic heterocycles. The van der Waals surface area contributed by atoms with Crippen LogP contribution in [0.25, 0.3) is 11.8 Å². The third kappa shape index (κ3) is 1.42. The summed E-state index contributed by atoms with van der Waals surface area (Å²) in [7, 11) is 0. The molecule has 2 rings (SSSR count). The summed E-state index contributed by atoms with van der Waals surface area (Å²) >= 11 is 4.14. The first-order valence-corrected chi connectivity index (χ1v) is 4.47. The maximum Gasteiger partial charge on any atom is 0.211 e. The molecule has 0 radical (unpaired) electrons. The van der Waals surface area contributed by atoms with Crippen LogP contribution in [0.4, 0.5) is 0 Å². The van der Waals surface area contributed by atoms with E-state index in [0.29, 0.717) is 5.16 Å². The molecule has 1 aromatic heterocycles. The van der Waals surface area contributed by atoms with E-state index in [-0.39, 0.29) is 0 Å². The van der Waals surface area contributed by atoms with E-state index in [1.807, 2.05) is 24.3 Å². The van der Waals surface area contributed by atoms with Crippen molar-refractivity contribution in [1.82, 2.24) is 20.2 Å². The molecular weight excluding hydrogens is 196 g/mol. The molecule has 0 fully saturated rings. The van der Waals surface area contributed by atoms with Crippen LogP contribution in [0.3, 0.4) is 0 Å². The predicted octanol–water partition coefficient (Wildman–Crippen LogP) is 1.59. The van der Waals surface area contributed by atoms with Gasteiger partial charge in [0.1, 0.15) is 0 Å². The van der Waals surface area contributed by atoms with E-state index < -0.39 is 0 Å². The molecule has 0 saturated carbocycles. The van der Waals surface area contributed by atoms with Crippen LogP contribution < -0.4 is 0 Å². The van der Waals surface area contributed by atoms with Crippen molar-refractivity contribution in [3.8, 4) is 5.69 Å². The van der Waals surface area contributed by atoms with Crippen molar-refractivity contribution in [3.63, 3.8) is 0 Å². The van der Waals surface area contributed by atoms with Gasteiger partial charge in [-0.1, -0.05) is 30.9 Å². The number of tetrazole rings is 1. The molecule has 4 nitrogen and oxygen atoms in total. The highest BCUT2D eigenvalue weighted by Crippen LogP contribution is 2.16. The zero-order chi connectivity index (χ0) is 9.97. The van der Waals surface area contributed by atoms with Crippen LogP contribution >= 0.6 is 12.6 Å². The van der Waals surface area contributed by atoms with Gasteiger partial charge in [0.15, 0.2) is 0 Å². The first kappa shape index (κ1) is 8.96. The Kier molecular flexibility index (Phi) is 2.32. The maximum atomic E-state index is 4.14. The molecule has 0 spiro atoms. The molecule has 1 aromatic carbocycles. The number of aromatic nitrogens is 4. The second kappa shape index (κ2) is 3.63. The number of para-hydroxylation sites is 1. The Labute approximate surface area is 86.7 Å². The molecule has 0 amide bonds. The van der Waals surface area contributed by atoms with Gasteiger partial charge in [-0.2, -0.15) is 4.68 Å². The molecule has 0 saturated heterocycles. The van der Waals surface area contributed by atoms with Gasteiger partial charge in [0.05, 0.1) is 5.69 Å². The zero-order valence-electron chi connectivity index (χ0n) is 7.33. The Bertz CT molecular complexity index is 463. The van der Waals surface area contributed by atoms with Gasteiger partial charge in [0.25, 0.3) is 0 Å². The van der Waals surface area contributed by atoms with Crippen molar-refractivity contribution in [2.75, 3.05) is 0 Å². The molecule has 2 aromatic rings. The lowest BCUT2D eigenvalue weighted by Gasteiger charge is -2.04. The van der Waals surface area contributed by atoms with E-state index in [9.17, 15) is 0 Å². The van der Waals surface area contributed by atoms with Crippen molar-refractivity contribution < 1.29 is 0 Å². The molecule has 1 heterocycles. The minimum absolute atomic E-state index is 0.458. The van der Waals surface area contributed by atoms with Crippen LogP contribution in [-0.4, -0.2) is 20.2 Å². The lowest BCUT2D eigenvalue weighted by Crippen LogP contribution is -1.99. The first-order valence-electron chi connectivity index (χ1n) is 4.02. The maximum absolute atomic E-state index is 4.14. The number of hydrogen-bond donors (Lipinski definition) is 1. The Morgan fingerprint density at radius 1 is 1.36 bits per heavy atom. The predicted molar refractivity (Wildman–Crippen MR) is 56.5 cm³/mol. The summed E-state index contributed by atoms with van der Waals surface area (Å²) < 4.78 is 1.56. The molecule has 0 aliphatic carbocycles. The van der Waals surface area contributed by atoms with Crippen molar-refractivity contribution in [1.29, 1.82) is 0 Å². The van der Waals surface area contributed by atoms with E-state index in [2.05, 4.69) is 34.7 Å². The van der Waals surface area contributed by atoms with Gasteiger partial charge in [0.2, 0.25) is 5.16 Å². The SMILES string of the molecule is C=Cc1ccccc1-n1nnnc1S. The third-order valence-corrected chi connectivity index (χ3v) is 2.12. The highest BCUT2D eigenvalue weighted by molar-refractivity contribution is 7.80. The van der Waals surface area contributed by atoms with Crippen molar-refractivity contribution in [3.05, 3.63) is 36.4 Å². The topological polar surface area (TPSA) is 43.6 Å². The van der Waals surface area contributed by atoms with E-state index in [4.69, 9.17) is 0 Å². The van der Waals surface area contributed by atoms with Crippen LogP contribution in [-0.2, 0) is 0 Å². The number of rotatable bonds is 2. The van der Waals surface area contributed by atoms with E-state index in [1.165, 1.54) is 0 Å². The summed E-state index contributed by atoms with van der Waals surface area (Å²) in [4.78, 5) is 0. The molecule has 5 heteroatoms. The number of nitrogens with zero attached hydrogens (tertiary/aromatic N) is 4. The van der Waals surface area contributed by atoms with Gasteiger partial charge in [-0.3, -0.25) is 0 Å². The van der Waals surface area contributed by atoms with Crippen LogP contribution in [0.15, 0.2) is 36.0 Å². The van der Waals surface area contributed by atoms with Gasteiger partial charge < -0.3 is 0 Å². The largest absolute Gasteiger partial charge is 0.211 e. The number of benzene rings is 1. The zero-order valence-corrected chi connectivity index (χ0v) is 8.22. The third-order valence-electron chi connectivity index (χ3n) is 1.84.